The molecule has 0 fully saturated rings. The highest BCUT2D eigenvalue weighted by molar-refractivity contribution is 5.71. The Kier molecular flexibility index (Phi) is 17.1. The molecule has 0 heterocycles. The van der Waals surface area contributed by atoms with E-state index < -0.39 is 5.97 Å². The molecule has 0 amide bonds. The zero-order valence-corrected chi connectivity index (χ0v) is 21.9. The molecule has 1 N–H and O–H groups in total. The second kappa shape index (κ2) is 19.0. The summed E-state index contributed by atoms with van der Waals surface area (Å²) in [5.41, 5.74) is 0. The summed E-state index contributed by atoms with van der Waals surface area (Å²) in [6, 6.07) is 0. The third-order valence-electron chi connectivity index (χ3n) is 7.39. The van der Waals surface area contributed by atoms with Crippen molar-refractivity contribution in [3.63, 3.8) is 0 Å². The minimum Gasteiger partial charge on any atom is -0.481 e. The summed E-state index contributed by atoms with van der Waals surface area (Å²) < 4.78 is 5.48. The SMILES string of the molecule is CCCCCC[C@@H]1C=C[C@@H](CCCCCCCC(=O)OC[C@@H](CC)CCCC)C[C@@H]1C(=O)O. The third kappa shape index (κ3) is 13.9. The number of esters is 1. The maximum absolute atomic E-state index is 12.0. The van der Waals surface area contributed by atoms with E-state index in [1.165, 1.54) is 32.1 Å². The molecule has 1 aliphatic rings. The number of rotatable bonds is 20. The van der Waals surface area contributed by atoms with Crippen molar-refractivity contribution in [1.82, 2.24) is 0 Å². The second-order valence-electron chi connectivity index (χ2n) is 10.2. The monoisotopic (exact) mass is 464 g/mol. The second-order valence-corrected chi connectivity index (χ2v) is 10.2. The molecule has 0 radical (unpaired) electrons. The van der Waals surface area contributed by atoms with Gasteiger partial charge in [0, 0.05) is 6.42 Å². The first kappa shape index (κ1) is 29.7. The van der Waals surface area contributed by atoms with Gasteiger partial charge in [0.1, 0.15) is 0 Å². The van der Waals surface area contributed by atoms with Crippen LogP contribution in [-0.2, 0) is 14.3 Å². The molecule has 4 nitrogen and oxygen atoms in total. The standard InChI is InChI=1S/C29H52O4/c1-4-7-9-14-18-26-21-20-25(22-27(26)29(31)32)17-13-11-10-12-15-19-28(30)33-23-24(6-3)16-8-5-2/h20-21,24-27H,4-19,22-23H2,1-3H3,(H,31,32)/t24-,25+,26+,27-/m0/s1. The van der Waals surface area contributed by atoms with E-state index >= 15 is 0 Å². The number of hydrogen-bond acceptors (Lipinski definition) is 3. The molecule has 0 bridgehead atoms. The first-order valence-electron chi connectivity index (χ1n) is 14.1. The van der Waals surface area contributed by atoms with E-state index in [2.05, 4.69) is 32.9 Å². The van der Waals surface area contributed by atoms with Crippen LogP contribution in [0.5, 0.6) is 0 Å². The predicted octanol–water partition coefficient (Wildman–Crippen LogP) is 8.34. The van der Waals surface area contributed by atoms with Gasteiger partial charge in [-0.3, -0.25) is 9.59 Å². The fraction of sp³-hybridized carbons (Fsp3) is 0.862. The van der Waals surface area contributed by atoms with Crippen molar-refractivity contribution in [2.24, 2.45) is 23.7 Å². The summed E-state index contributed by atoms with van der Waals surface area (Å²) in [5, 5.41) is 9.69. The molecule has 0 saturated carbocycles. The first-order valence-corrected chi connectivity index (χ1v) is 14.1. The quantitative estimate of drug-likeness (QED) is 0.112. The fourth-order valence-electron chi connectivity index (χ4n) is 5.00. The summed E-state index contributed by atoms with van der Waals surface area (Å²) in [6.07, 6.45) is 22.8. The van der Waals surface area contributed by atoms with Gasteiger partial charge in [-0.25, -0.2) is 0 Å². The van der Waals surface area contributed by atoms with E-state index in [9.17, 15) is 14.7 Å². The normalized spacial score (nSPS) is 21.1. The molecule has 0 aromatic rings. The first-order chi connectivity index (χ1) is 16.0. The Morgan fingerprint density at radius 1 is 0.879 bits per heavy atom. The van der Waals surface area contributed by atoms with Crippen molar-refractivity contribution in [2.75, 3.05) is 6.61 Å². The zero-order valence-electron chi connectivity index (χ0n) is 21.9. The molecule has 1 rings (SSSR count). The van der Waals surface area contributed by atoms with Gasteiger partial charge in [-0.05, 0) is 49.9 Å². The van der Waals surface area contributed by atoms with Gasteiger partial charge in [-0.15, -0.1) is 0 Å². The average molecular weight is 465 g/mol. The summed E-state index contributed by atoms with van der Waals surface area (Å²) in [6.45, 7) is 7.16. The van der Waals surface area contributed by atoms with E-state index in [-0.39, 0.29) is 17.8 Å². The minimum atomic E-state index is -0.618. The number of carbonyl (C=O) groups is 2. The van der Waals surface area contributed by atoms with Crippen LogP contribution in [0.3, 0.4) is 0 Å². The Morgan fingerprint density at radius 3 is 2.24 bits per heavy atom. The van der Waals surface area contributed by atoms with Crippen molar-refractivity contribution in [1.29, 1.82) is 0 Å². The van der Waals surface area contributed by atoms with E-state index in [1.807, 2.05) is 0 Å². The van der Waals surface area contributed by atoms with Crippen LogP contribution < -0.4 is 0 Å². The molecule has 0 aliphatic heterocycles. The van der Waals surface area contributed by atoms with Gasteiger partial charge < -0.3 is 9.84 Å². The van der Waals surface area contributed by atoms with Crippen molar-refractivity contribution < 1.29 is 19.4 Å². The number of unbranched alkanes of at least 4 members (excludes halogenated alkanes) is 8. The van der Waals surface area contributed by atoms with Crippen LogP contribution in [0.15, 0.2) is 12.2 Å². The lowest BCUT2D eigenvalue weighted by Crippen LogP contribution is -2.28. The van der Waals surface area contributed by atoms with Gasteiger partial charge in [0.15, 0.2) is 0 Å². The number of carboxylic acids is 1. The van der Waals surface area contributed by atoms with Crippen LogP contribution >= 0.6 is 0 Å². The molecule has 33 heavy (non-hydrogen) atoms. The molecule has 0 spiro atoms. The molecule has 4 heteroatoms. The molecule has 0 aromatic heterocycles. The van der Waals surface area contributed by atoms with Gasteiger partial charge in [0.2, 0.25) is 0 Å². The highest BCUT2D eigenvalue weighted by Crippen LogP contribution is 2.34. The Hall–Kier alpha value is -1.32. The zero-order chi connectivity index (χ0) is 24.3. The third-order valence-corrected chi connectivity index (χ3v) is 7.39. The van der Waals surface area contributed by atoms with E-state index in [4.69, 9.17) is 4.74 Å². The number of carboxylic acid groups (broad SMARTS) is 1. The number of carbonyl (C=O) groups excluding carboxylic acids is 1. The Bertz CT molecular complexity index is 542. The van der Waals surface area contributed by atoms with Gasteiger partial charge in [0.05, 0.1) is 12.5 Å². The molecule has 0 aromatic carbocycles. The molecular weight excluding hydrogens is 412 g/mol. The molecule has 0 unspecified atom stereocenters. The number of ether oxygens (including phenoxy) is 1. The number of hydrogen-bond donors (Lipinski definition) is 1. The highest BCUT2D eigenvalue weighted by Gasteiger charge is 2.31. The maximum atomic E-state index is 12.0. The van der Waals surface area contributed by atoms with E-state index in [0.29, 0.717) is 24.9 Å². The van der Waals surface area contributed by atoms with Crippen molar-refractivity contribution >= 4 is 11.9 Å². The Balaban J connectivity index is 2.14. The highest BCUT2D eigenvalue weighted by atomic mass is 16.5. The van der Waals surface area contributed by atoms with Crippen LogP contribution in [0.2, 0.25) is 0 Å². The van der Waals surface area contributed by atoms with Gasteiger partial charge in [0.25, 0.3) is 0 Å². The molecule has 1 aliphatic carbocycles. The lowest BCUT2D eigenvalue weighted by molar-refractivity contribution is -0.145. The van der Waals surface area contributed by atoms with Crippen LogP contribution in [0.25, 0.3) is 0 Å². The van der Waals surface area contributed by atoms with E-state index in [0.717, 1.165) is 70.6 Å². The molecular formula is C29H52O4. The van der Waals surface area contributed by atoms with Crippen molar-refractivity contribution in [3.8, 4) is 0 Å². The summed E-state index contributed by atoms with van der Waals surface area (Å²) >= 11 is 0. The lowest BCUT2D eigenvalue weighted by atomic mass is 9.75. The Morgan fingerprint density at radius 2 is 1.55 bits per heavy atom. The van der Waals surface area contributed by atoms with Crippen LogP contribution in [-0.4, -0.2) is 23.7 Å². The van der Waals surface area contributed by atoms with Crippen LogP contribution in [0, 0.1) is 23.7 Å². The summed E-state index contributed by atoms with van der Waals surface area (Å²) in [5.74, 6) is 0.275. The fourth-order valence-corrected chi connectivity index (χ4v) is 5.00. The minimum absolute atomic E-state index is 0.0405. The largest absolute Gasteiger partial charge is 0.481 e. The van der Waals surface area contributed by atoms with Gasteiger partial charge >= 0.3 is 11.9 Å². The smallest absolute Gasteiger partial charge is 0.307 e. The molecule has 192 valence electrons. The molecule has 0 saturated heterocycles. The number of aliphatic carboxylic acids is 1. The molecule has 4 atom stereocenters. The topological polar surface area (TPSA) is 63.6 Å². The lowest BCUT2D eigenvalue weighted by Gasteiger charge is -2.29. The number of allylic oxidation sites excluding steroid dienone is 2. The average Bonchev–Trinajstić information content (AvgIpc) is 2.81. The predicted molar refractivity (Wildman–Crippen MR) is 137 cm³/mol. The van der Waals surface area contributed by atoms with Crippen molar-refractivity contribution in [3.05, 3.63) is 12.2 Å². The van der Waals surface area contributed by atoms with Gasteiger partial charge in [-0.2, -0.15) is 0 Å². The van der Waals surface area contributed by atoms with E-state index in [1.54, 1.807) is 0 Å². The van der Waals surface area contributed by atoms with Crippen LogP contribution in [0.1, 0.15) is 130 Å². The maximum Gasteiger partial charge on any atom is 0.307 e. The van der Waals surface area contributed by atoms with Crippen LogP contribution in [0.4, 0.5) is 0 Å². The van der Waals surface area contributed by atoms with Crippen molar-refractivity contribution in [2.45, 2.75) is 130 Å². The summed E-state index contributed by atoms with van der Waals surface area (Å²) in [7, 11) is 0. The Labute approximate surface area is 203 Å². The van der Waals surface area contributed by atoms with Gasteiger partial charge in [-0.1, -0.05) is 104 Å². The summed E-state index contributed by atoms with van der Waals surface area (Å²) in [4.78, 5) is 23.7.